The smallest absolute Gasteiger partial charge is 0.268 e. The molecule has 2 aromatic carbocycles. The number of benzene rings is 2. The van der Waals surface area contributed by atoms with Crippen molar-refractivity contribution < 1.29 is 14.3 Å². The van der Waals surface area contributed by atoms with Crippen molar-refractivity contribution in [1.29, 1.82) is 0 Å². The van der Waals surface area contributed by atoms with Gasteiger partial charge in [-0.1, -0.05) is 50.2 Å². The van der Waals surface area contributed by atoms with Crippen LogP contribution in [-0.2, 0) is 4.79 Å². The molecule has 2 N–H and O–H groups in total. The maximum atomic E-state index is 13.3. The van der Waals surface area contributed by atoms with Crippen LogP contribution < -0.4 is 15.4 Å². The molecule has 1 unspecified atom stereocenters. The first-order chi connectivity index (χ1) is 15.5. The first-order valence-electron chi connectivity index (χ1n) is 10.5. The number of ether oxygens (including phenoxy) is 1. The quantitative estimate of drug-likeness (QED) is 0.429. The van der Waals surface area contributed by atoms with E-state index in [4.69, 9.17) is 4.74 Å². The van der Waals surface area contributed by atoms with Crippen LogP contribution in [0.15, 0.2) is 77.8 Å². The van der Waals surface area contributed by atoms with E-state index in [9.17, 15) is 9.59 Å². The number of amides is 2. The van der Waals surface area contributed by atoms with Crippen molar-refractivity contribution in [3.63, 3.8) is 0 Å². The van der Waals surface area contributed by atoms with Gasteiger partial charge in [0.2, 0.25) is 0 Å². The van der Waals surface area contributed by atoms with Gasteiger partial charge in [0.1, 0.15) is 11.4 Å². The van der Waals surface area contributed by atoms with Crippen molar-refractivity contribution in [2.75, 3.05) is 7.11 Å². The Balaban J connectivity index is 1.84. The van der Waals surface area contributed by atoms with Crippen LogP contribution in [0, 0.1) is 5.92 Å². The number of nitrogens with one attached hydrogen (secondary N) is 2. The Bertz CT molecular complexity index is 1040. The van der Waals surface area contributed by atoms with E-state index in [0.717, 1.165) is 16.9 Å². The molecule has 3 aromatic rings. The molecule has 1 heterocycles. The van der Waals surface area contributed by atoms with Gasteiger partial charge in [-0.15, -0.1) is 11.3 Å². The lowest BCUT2D eigenvalue weighted by Crippen LogP contribution is -2.37. The number of methoxy groups -OCH3 is 1. The zero-order valence-electron chi connectivity index (χ0n) is 18.5. The Morgan fingerprint density at radius 1 is 1.00 bits per heavy atom. The van der Waals surface area contributed by atoms with Crippen LogP contribution in [0.1, 0.15) is 47.1 Å². The summed E-state index contributed by atoms with van der Waals surface area (Å²) in [7, 11) is 1.57. The fourth-order valence-electron chi connectivity index (χ4n) is 3.28. The van der Waals surface area contributed by atoms with Gasteiger partial charge in [0, 0.05) is 10.4 Å². The molecule has 5 nitrogen and oxygen atoms in total. The molecular weight excluding hydrogens is 420 g/mol. The molecule has 3 rings (SSSR count). The van der Waals surface area contributed by atoms with E-state index < -0.39 is 0 Å². The highest BCUT2D eigenvalue weighted by atomic mass is 32.1. The normalized spacial score (nSPS) is 12.3. The number of thiophene rings is 1. The van der Waals surface area contributed by atoms with E-state index in [1.54, 1.807) is 37.5 Å². The largest absolute Gasteiger partial charge is 0.497 e. The average molecular weight is 449 g/mol. The predicted octanol–water partition coefficient (Wildman–Crippen LogP) is 5.43. The van der Waals surface area contributed by atoms with Crippen LogP contribution in [0.25, 0.3) is 6.08 Å². The van der Waals surface area contributed by atoms with Crippen molar-refractivity contribution in [1.82, 2.24) is 10.6 Å². The second kappa shape index (κ2) is 11.3. The summed E-state index contributed by atoms with van der Waals surface area (Å²) in [6, 6.07) is 20.3. The molecule has 6 heteroatoms. The number of rotatable bonds is 9. The second-order valence-electron chi connectivity index (χ2n) is 7.82. The summed E-state index contributed by atoms with van der Waals surface area (Å²) < 4.78 is 5.15. The van der Waals surface area contributed by atoms with Crippen molar-refractivity contribution in [2.45, 2.75) is 26.3 Å². The van der Waals surface area contributed by atoms with E-state index in [1.807, 2.05) is 47.8 Å². The van der Waals surface area contributed by atoms with Gasteiger partial charge in [0.25, 0.3) is 11.8 Å². The fourth-order valence-corrected chi connectivity index (χ4v) is 3.94. The van der Waals surface area contributed by atoms with Gasteiger partial charge in [0.05, 0.1) is 13.2 Å². The molecule has 0 aliphatic carbocycles. The molecule has 0 bridgehead atoms. The van der Waals surface area contributed by atoms with Gasteiger partial charge in [0.15, 0.2) is 0 Å². The van der Waals surface area contributed by atoms with E-state index in [2.05, 4.69) is 24.5 Å². The van der Waals surface area contributed by atoms with Gasteiger partial charge in [-0.25, -0.2) is 0 Å². The van der Waals surface area contributed by atoms with Crippen LogP contribution >= 0.6 is 11.3 Å². The molecule has 0 aliphatic rings. The maximum absolute atomic E-state index is 13.3. The van der Waals surface area contributed by atoms with Crippen LogP contribution in [0.5, 0.6) is 5.75 Å². The van der Waals surface area contributed by atoms with Crippen molar-refractivity contribution in [3.8, 4) is 5.75 Å². The number of hydrogen-bond donors (Lipinski definition) is 2. The van der Waals surface area contributed by atoms with Gasteiger partial charge >= 0.3 is 0 Å². The molecule has 0 radical (unpaired) electrons. The third-order valence-electron chi connectivity index (χ3n) is 4.89. The minimum Gasteiger partial charge on any atom is -0.497 e. The lowest BCUT2D eigenvalue weighted by Gasteiger charge is -2.22. The van der Waals surface area contributed by atoms with Gasteiger partial charge in [-0.3, -0.25) is 9.59 Å². The Morgan fingerprint density at radius 3 is 2.31 bits per heavy atom. The van der Waals surface area contributed by atoms with Crippen LogP contribution in [0.3, 0.4) is 0 Å². The third kappa shape index (κ3) is 6.56. The highest BCUT2D eigenvalue weighted by molar-refractivity contribution is 7.10. The SMILES string of the molecule is COc1ccc(C(=O)N/C(=C\c2cccs2)C(=O)NC(CC(C)C)c2ccccc2)cc1. The summed E-state index contributed by atoms with van der Waals surface area (Å²) >= 11 is 1.50. The summed E-state index contributed by atoms with van der Waals surface area (Å²) in [5.74, 6) is 0.368. The van der Waals surface area contributed by atoms with E-state index in [0.29, 0.717) is 17.2 Å². The maximum Gasteiger partial charge on any atom is 0.268 e. The second-order valence-corrected chi connectivity index (χ2v) is 8.80. The highest BCUT2D eigenvalue weighted by Crippen LogP contribution is 2.22. The lowest BCUT2D eigenvalue weighted by atomic mass is 9.97. The molecule has 0 spiro atoms. The van der Waals surface area contributed by atoms with E-state index >= 15 is 0 Å². The predicted molar refractivity (Wildman–Crippen MR) is 130 cm³/mol. The first kappa shape index (κ1) is 23.3. The standard InChI is InChI=1S/C26H28N2O3S/c1-18(2)16-23(19-8-5-4-6-9-19)27-26(30)24(17-22-10-7-15-32-22)28-25(29)20-11-13-21(31-3)14-12-20/h4-15,17-18,23H,16H2,1-3H3,(H,27,30)(H,28,29)/b24-17-. The number of carbonyl (C=O) groups excluding carboxylic acids is 2. The first-order valence-corrected chi connectivity index (χ1v) is 11.4. The third-order valence-corrected chi connectivity index (χ3v) is 5.71. The van der Waals surface area contributed by atoms with E-state index in [1.165, 1.54) is 11.3 Å². The number of carbonyl (C=O) groups is 2. The molecule has 0 saturated carbocycles. The summed E-state index contributed by atoms with van der Waals surface area (Å²) in [5.41, 5.74) is 1.68. The molecule has 32 heavy (non-hydrogen) atoms. The van der Waals surface area contributed by atoms with Crippen molar-refractivity contribution in [2.24, 2.45) is 5.92 Å². The molecule has 0 saturated heterocycles. The minimum absolute atomic E-state index is 0.159. The van der Waals surface area contributed by atoms with Gasteiger partial charge in [-0.05, 0) is 59.7 Å². The Kier molecular flexibility index (Phi) is 8.22. The average Bonchev–Trinajstić information content (AvgIpc) is 3.31. The zero-order chi connectivity index (χ0) is 22.9. The van der Waals surface area contributed by atoms with Crippen molar-refractivity contribution in [3.05, 3.63) is 93.8 Å². The molecule has 1 atom stereocenters. The van der Waals surface area contributed by atoms with Crippen LogP contribution in [0.2, 0.25) is 0 Å². The number of hydrogen-bond acceptors (Lipinski definition) is 4. The monoisotopic (exact) mass is 448 g/mol. The molecular formula is C26H28N2O3S. The van der Waals surface area contributed by atoms with Crippen LogP contribution in [0.4, 0.5) is 0 Å². The molecule has 0 fully saturated rings. The van der Waals surface area contributed by atoms with Gasteiger partial charge < -0.3 is 15.4 Å². The Labute approximate surface area is 193 Å². The molecule has 0 aliphatic heterocycles. The lowest BCUT2D eigenvalue weighted by molar-refractivity contribution is -0.118. The highest BCUT2D eigenvalue weighted by Gasteiger charge is 2.20. The van der Waals surface area contributed by atoms with Crippen LogP contribution in [-0.4, -0.2) is 18.9 Å². The Morgan fingerprint density at radius 2 is 1.72 bits per heavy atom. The topological polar surface area (TPSA) is 67.4 Å². The fraction of sp³-hybridized carbons (Fsp3) is 0.231. The minimum atomic E-state index is -0.356. The van der Waals surface area contributed by atoms with E-state index in [-0.39, 0.29) is 23.6 Å². The summed E-state index contributed by atoms with van der Waals surface area (Å²) in [4.78, 5) is 27.0. The molecule has 2 amide bonds. The zero-order valence-corrected chi connectivity index (χ0v) is 19.3. The van der Waals surface area contributed by atoms with Gasteiger partial charge in [-0.2, -0.15) is 0 Å². The Hall–Kier alpha value is -3.38. The molecule has 166 valence electrons. The summed E-state index contributed by atoms with van der Waals surface area (Å²) in [6.45, 7) is 4.24. The summed E-state index contributed by atoms with van der Waals surface area (Å²) in [5, 5.41) is 7.84. The summed E-state index contributed by atoms with van der Waals surface area (Å²) in [6.07, 6.45) is 2.49. The molecule has 1 aromatic heterocycles. The van der Waals surface area contributed by atoms with Crippen molar-refractivity contribution >= 4 is 29.2 Å².